The zero-order valence-corrected chi connectivity index (χ0v) is 15.8. The molecule has 1 spiro atoms. The second-order valence-corrected chi connectivity index (χ2v) is 7.09. The molecule has 2 N–H and O–H groups in total. The largest absolute Gasteiger partial charge is 0.497 e. The normalized spacial score (nSPS) is 24.3. The van der Waals surface area contributed by atoms with Crippen molar-refractivity contribution in [2.45, 2.75) is 44.4 Å². The highest BCUT2D eigenvalue weighted by atomic mass is 16.7. The van der Waals surface area contributed by atoms with Crippen LogP contribution < -0.4 is 15.4 Å². The van der Waals surface area contributed by atoms with Crippen molar-refractivity contribution in [3.8, 4) is 5.75 Å². The van der Waals surface area contributed by atoms with Crippen LogP contribution >= 0.6 is 0 Å². The first-order chi connectivity index (χ1) is 12.9. The maximum Gasteiger partial charge on any atom is 0.269 e. The first-order valence-corrected chi connectivity index (χ1v) is 9.02. The molecule has 0 bridgehead atoms. The van der Waals surface area contributed by atoms with E-state index in [0.29, 0.717) is 36.5 Å². The molecule has 2 atom stereocenters. The average molecular weight is 375 g/mol. The number of nitrogens with one attached hydrogen (secondary N) is 2. The number of oxime groups is 1. The van der Waals surface area contributed by atoms with Gasteiger partial charge in [-0.05, 0) is 44.5 Å². The van der Waals surface area contributed by atoms with Crippen LogP contribution in [0.5, 0.6) is 5.75 Å². The van der Waals surface area contributed by atoms with Crippen LogP contribution in [0.3, 0.4) is 0 Å². The molecule has 0 saturated carbocycles. The molecular formula is C19H25N3O5. The van der Waals surface area contributed by atoms with Gasteiger partial charge in [-0.1, -0.05) is 5.16 Å². The number of hydrogen-bond donors (Lipinski definition) is 2. The summed E-state index contributed by atoms with van der Waals surface area (Å²) in [5, 5.41) is 9.80. The summed E-state index contributed by atoms with van der Waals surface area (Å²) < 4.78 is 10.7. The molecule has 8 heteroatoms. The molecule has 3 rings (SSSR count). The van der Waals surface area contributed by atoms with E-state index in [0.717, 1.165) is 0 Å². The van der Waals surface area contributed by atoms with E-state index < -0.39 is 5.60 Å². The van der Waals surface area contributed by atoms with Crippen LogP contribution in [-0.4, -0.2) is 55.5 Å². The van der Waals surface area contributed by atoms with Gasteiger partial charge in [0.05, 0.1) is 19.8 Å². The molecule has 1 aromatic rings. The Bertz CT molecular complexity index is 731. The third-order valence-corrected chi connectivity index (χ3v) is 4.68. The molecule has 2 amide bonds. The van der Waals surface area contributed by atoms with Crippen LogP contribution in [0.2, 0.25) is 0 Å². The maximum atomic E-state index is 12.6. The predicted octanol–water partition coefficient (Wildman–Crippen LogP) is 1.25. The molecule has 0 unspecified atom stereocenters. The Labute approximate surface area is 158 Å². The second-order valence-electron chi connectivity index (χ2n) is 7.09. The van der Waals surface area contributed by atoms with E-state index in [-0.39, 0.29) is 30.5 Å². The number of carbonyl (C=O) groups excluding carboxylic acids is 2. The van der Waals surface area contributed by atoms with Crippen LogP contribution in [0.15, 0.2) is 29.4 Å². The number of rotatable bonds is 5. The van der Waals surface area contributed by atoms with Gasteiger partial charge in [-0.2, -0.15) is 0 Å². The van der Waals surface area contributed by atoms with Crippen molar-refractivity contribution in [1.82, 2.24) is 10.6 Å². The summed E-state index contributed by atoms with van der Waals surface area (Å²) in [5.41, 5.74) is -0.0173. The molecule has 146 valence electrons. The summed E-state index contributed by atoms with van der Waals surface area (Å²) in [6.45, 7) is 4.53. The predicted molar refractivity (Wildman–Crippen MR) is 98.8 cm³/mol. The number of amides is 2. The minimum Gasteiger partial charge on any atom is -0.497 e. The number of nitrogens with zero attached hydrogens (tertiary/aromatic N) is 1. The fourth-order valence-corrected chi connectivity index (χ4v) is 3.22. The van der Waals surface area contributed by atoms with Gasteiger partial charge in [0.1, 0.15) is 11.5 Å². The van der Waals surface area contributed by atoms with Crippen molar-refractivity contribution in [3.63, 3.8) is 0 Å². The van der Waals surface area contributed by atoms with E-state index in [1.165, 1.54) is 0 Å². The maximum absolute atomic E-state index is 12.6. The first-order valence-electron chi connectivity index (χ1n) is 9.02. The Morgan fingerprint density at radius 2 is 2.00 bits per heavy atom. The van der Waals surface area contributed by atoms with E-state index in [4.69, 9.17) is 14.3 Å². The van der Waals surface area contributed by atoms with E-state index >= 15 is 0 Å². The lowest BCUT2D eigenvalue weighted by Crippen LogP contribution is -2.59. The Hall–Kier alpha value is -2.61. The SMILES string of the molecule is COc1ccc(C(=O)N[C@H]2CCOC[C@]23CC(C(=O)NC(C)C)=NO3)cc1. The molecule has 8 nitrogen and oxygen atoms in total. The van der Waals surface area contributed by atoms with Gasteiger partial charge in [-0.25, -0.2) is 0 Å². The summed E-state index contributed by atoms with van der Waals surface area (Å²) in [6.07, 6.45) is 0.871. The lowest BCUT2D eigenvalue weighted by Gasteiger charge is -2.38. The highest BCUT2D eigenvalue weighted by Gasteiger charge is 2.50. The molecule has 0 radical (unpaired) electrons. The second kappa shape index (κ2) is 7.96. The fraction of sp³-hybridized carbons (Fsp3) is 0.526. The van der Waals surface area contributed by atoms with Crippen molar-refractivity contribution < 1.29 is 23.9 Å². The Morgan fingerprint density at radius 1 is 1.26 bits per heavy atom. The lowest BCUT2D eigenvalue weighted by molar-refractivity contribution is -0.128. The van der Waals surface area contributed by atoms with Gasteiger partial charge in [0.25, 0.3) is 11.8 Å². The smallest absolute Gasteiger partial charge is 0.269 e. The quantitative estimate of drug-likeness (QED) is 0.807. The van der Waals surface area contributed by atoms with Gasteiger partial charge in [0, 0.05) is 24.6 Å². The highest BCUT2D eigenvalue weighted by molar-refractivity contribution is 6.39. The van der Waals surface area contributed by atoms with Gasteiger partial charge >= 0.3 is 0 Å². The van der Waals surface area contributed by atoms with E-state index in [9.17, 15) is 9.59 Å². The molecule has 0 aromatic heterocycles. The number of ether oxygens (including phenoxy) is 2. The Balaban J connectivity index is 1.69. The molecule has 1 saturated heterocycles. The average Bonchev–Trinajstić information content (AvgIpc) is 3.08. The summed E-state index contributed by atoms with van der Waals surface area (Å²) in [6, 6.07) is 6.57. The van der Waals surface area contributed by atoms with Crippen molar-refractivity contribution in [2.75, 3.05) is 20.3 Å². The molecule has 2 aliphatic rings. The van der Waals surface area contributed by atoms with Crippen LogP contribution in [0.25, 0.3) is 0 Å². The van der Waals surface area contributed by atoms with Crippen LogP contribution in [0, 0.1) is 0 Å². The molecule has 1 fully saturated rings. The van der Waals surface area contributed by atoms with Crippen molar-refractivity contribution >= 4 is 17.5 Å². The van der Waals surface area contributed by atoms with Crippen LogP contribution in [0.4, 0.5) is 0 Å². The first kappa shape index (κ1) is 19.2. The van der Waals surface area contributed by atoms with E-state index in [2.05, 4.69) is 15.8 Å². The number of methoxy groups -OCH3 is 1. The lowest BCUT2D eigenvalue weighted by atomic mass is 9.85. The van der Waals surface area contributed by atoms with E-state index in [1.807, 2.05) is 13.8 Å². The minimum atomic E-state index is -0.857. The van der Waals surface area contributed by atoms with Gasteiger partial charge in [-0.15, -0.1) is 0 Å². The van der Waals surface area contributed by atoms with Crippen molar-refractivity contribution in [3.05, 3.63) is 29.8 Å². The standard InChI is InChI=1S/C19H25N3O5/c1-12(2)20-18(24)15-10-19(27-22-15)11-26-9-8-16(19)21-17(23)13-4-6-14(25-3)7-5-13/h4-7,12,16H,8-11H2,1-3H3,(H,20,24)(H,21,23)/t16-,19+/m0/s1. The molecule has 1 aromatic carbocycles. The number of hydrogen-bond acceptors (Lipinski definition) is 6. The van der Waals surface area contributed by atoms with E-state index in [1.54, 1.807) is 31.4 Å². The third kappa shape index (κ3) is 4.21. The summed E-state index contributed by atoms with van der Waals surface area (Å²) in [7, 11) is 1.57. The van der Waals surface area contributed by atoms with Gasteiger partial charge in [-0.3, -0.25) is 9.59 Å². The number of carbonyl (C=O) groups is 2. The molecule has 2 heterocycles. The Morgan fingerprint density at radius 3 is 2.67 bits per heavy atom. The van der Waals surface area contributed by atoms with Crippen molar-refractivity contribution in [1.29, 1.82) is 0 Å². The van der Waals surface area contributed by atoms with Crippen LogP contribution in [-0.2, 0) is 14.4 Å². The third-order valence-electron chi connectivity index (χ3n) is 4.68. The Kier molecular flexibility index (Phi) is 5.65. The van der Waals surface area contributed by atoms with Gasteiger partial charge in [0.2, 0.25) is 0 Å². The number of benzene rings is 1. The summed E-state index contributed by atoms with van der Waals surface area (Å²) in [5.74, 6) is 0.211. The zero-order chi connectivity index (χ0) is 19.4. The van der Waals surface area contributed by atoms with Crippen LogP contribution in [0.1, 0.15) is 37.0 Å². The summed E-state index contributed by atoms with van der Waals surface area (Å²) in [4.78, 5) is 30.5. The molecular weight excluding hydrogens is 350 g/mol. The molecule has 0 aliphatic carbocycles. The van der Waals surface area contributed by atoms with Gasteiger partial charge < -0.3 is 24.9 Å². The minimum absolute atomic E-state index is 0.00456. The molecule has 27 heavy (non-hydrogen) atoms. The fourth-order valence-electron chi connectivity index (χ4n) is 3.22. The zero-order valence-electron chi connectivity index (χ0n) is 15.8. The monoisotopic (exact) mass is 375 g/mol. The van der Waals surface area contributed by atoms with Gasteiger partial charge in [0.15, 0.2) is 5.60 Å². The molecule has 2 aliphatic heterocycles. The topological polar surface area (TPSA) is 98.2 Å². The summed E-state index contributed by atoms with van der Waals surface area (Å²) >= 11 is 0. The highest BCUT2D eigenvalue weighted by Crippen LogP contribution is 2.33. The van der Waals surface area contributed by atoms with Crippen molar-refractivity contribution in [2.24, 2.45) is 5.16 Å².